The van der Waals surface area contributed by atoms with Crippen molar-refractivity contribution >= 4 is 29.3 Å². The third kappa shape index (κ3) is 5.55. The molecule has 30 heavy (non-hydrogen) atoms. The van der Waals surface area contributed by atoms with Gasteiger partial charge >= 0.3 is 5.97 Å². The molecule has 0 radical (unpaired) electrons. The topological polar surface area (TPSA) is 59.1 Å². The predicted molar refractivity (Wildman–Crippen MR) is 119 cm³/mol. The van der Waals surface area contributed by atoms with Crippen LogP contribution in [0.25, 0.3) is 0 Å². The Morgan fingerprint density at radius 1 is 1.13 bits per heavy atom. The smallest absolute Gasteiger partial charge is 0.318 e. The third-order valence-corrected chi connectivity index (χ3v) is 6.19. The fourth-order valence-electron chi connectivity index (χ4n) is 3.34. The monoisotopic (exact) mass is 428 g/mol. The fourth-order valence-corrected chi connectivity index (χ4v) is 4.35. The summed E-state index contributed by atoms with van der Waals surface area (Å²) in [5.41, 5.74) is 2.83. The van der Waals surface area contributed by atoms with E-state index in [-0.39, 0.29) is 17.1 Å². The van der Waals surface area contributed by atoms with Crippen molar-refractivity contribution in [2.24, 2.45) is 0 Å². The Morgan fingerprint density at radius 2 is 1.80 bits per heavy atom. The summed E-state index contributed by atoms with van der Waals surface area (Å²) in [6, 6.07) is 15.7. The van der Waals surface area contributed by atoms with Crippen molar-refractivity contribution in [3.63, 3.8) is 0 Å². The van der Waals surface area contributed by atoms with Crippen LogP contribution in [0, 0.1) is 0 Å². The highest BCUT2D eigenvalue weighted by atomic mass is 32.2. The summed E-state index contributed by atoms with van der Waals surface area (Å²) in [4.78, 5) is 29.6. The highest BCUT2D eigenvalue weighted by molar-refractivity contribution is 8.00. The number of hydrogen-bond donors (Lipinski definition) is 0. The maximum Gasteiger partial charge on any atom is 0.318 e. The molecule has 0 bridgehead atoms. The van der Waals surface area contributed by atoms with Crippen LogP contribution in [0.15, 0.2) is 53.4 Å². The molecule has 1 amide bonds. The molecule has 160 valence electrons. The van der Waals surface area contributed by atoms with Crippen molar-refractivity contribution in [2.75, 3.05) is 45.4 Å². The van der Waals surface area contributed by atoms with E-state index in [2.05, 4.69) is 29.2 Å². The van der Waals surface area contributed by atoms with Gasteiger partial charge in [-0.3, -0.25) is 9.59 Å². The molecule has 0 N–H and O–H groups in total. The molecule has 0 aliphatic carbocycles. The molecule has 6 nitrogen and oxygen atoms in total. The normalized spacial score (nSPS) is 14.8. The number of amides is 1. The van der Waals surface area contributed by atoms with Crippen LogP contribution in [-0.4, -0.2) is 62.5 Å². The Balaban J connectivity index is 1.66. The largest absolute Gasteiger partial charge is 0.468 e. The van der Waals surface area contributed by atoms with Gasteiger partial charge in [0.1, 0.15) is 5.25 Å². The van der Waals surface area contributed by atoms with Gasteiger partial charge in [-0.15, -0.1) is 11.8 Å². The molecular formula is C23H28N2O4S. The van der Waals surface area contributed by atoms with E-state index in [4.69, 9.17) is 9.47 Å². The van der Waals surface area contributed by atoms with E-state index in [1.165, 1.54) is 24.6 Å². The number of thioether (sulfide) groups is 1. The number of nitrogens with zero attached hydrogens (tertiary/aromatic N) is 2. The summed E-state index contributed by atoms with van der Waals surface area (Å²) in [7, 11) is 3.16. The maximum absolute atomic E-state index is 13.1. The molecule has 0 spiro atoms. The van der Waals surface area contributed by atoms with Crippen LogP contribution in [0.4, 0.5) is 5.69 Å². The van der Waals surface area contributed by atoms with Crippen LogP contribution >= 0.6 is 11.8 Å². The van der Waals surface area contributed by atoms with E-state index >= 15 is 0 Å². The quantitative estimate of drug-likeness (QED) is 0.497. The minimum Gasteiger partial charge on any atom is -0.468 e. The molecule has 1 heterocycles. The van der Waals surface area contributed by atoms with Crippen LogP contribution in [0.1, 0.15) is 22.8 Å². The summed E-state index contributed by atoms with van der Waals surface area (Å²) in [5.74, 6) is -0.386. The van der Waals surface area contributed by atoms with Crippen molar-refractivity contribution in [3.05, 3.63) is 59.7 Å². The average molecular weight is 429 g/mol. The van der Waals surface area contributed by atoms with E-state index in [0.717, 1.165) is 36.8 Å². The van der Waals surface area contributed by atoms with Crippen molar-refractivity contribution in [1.82, 2.24) is 4.90 Å². The number of methoxy groups -OCH3 is 1. The molecule has 1 fully saturated rings. The molecule has 0 aromatic heterocycles. The maximum atomic E-state index is 13.1. The summed E-state index contributed by atoms with van der Waals surface area (Å²) < 4.78 is 10.2. The number of hydrogen-bond acceptors (Lipinski definition) is 6. The lowest BCUT2D eigenvalue weighted by Gasteiger charge is -2.29. The second-order valence-corrected chi connectivity index (χ2v) is 8.59. The fraction of sp³-hybridized carbons (Fsp3) is 0.391. The Bertz CT molecular complexity index is 866. The SMILES string of the molecule is COC(=O)C(C)Sc1ccccc1C(=O)N(C)Cc1ccc(N2CCOCC2)cc1. The van der Waals surface area contributed by atoms with Crippen molar-refractivity contribution < 1.29 is 19.1 Å². The van der Waals surface area contributed by atoms with Gasteiger partial charge in [-0.05, 0) is 36.8 Å². The molecular weight excluding hydrogens is 400 g/mol. The zero-order valence-electron chi connectivity index (χ0n) is 17.7. The average Bonchev–Trinajstić information content (AvgIpc) is 2.79. The number of morpholine rings is 1. The zero-order valence-corrected chi connectivity index (χ0v) is 18.5. The van der Waals surface area contributed by atoms with E-state index < -0.39 is 0 Å². The van der Waals surface area contributed by atoms with Gasteiger partial charge in [-0.25, -0.2) is 0 Å². The molecule has 1 unspecified atom stereocenters. The van der Waals surface area contributed by atoms with E-state index in [9.17, 15) is 9.59 Å². The lowest BCUT2D eigenvalue weighted by molar-refractivity contribution is -0.139. The number of anilines is 1. The van der Waals surface area contributed by atoms with Gasteiger partial charge in [0.25, 0.3) is 5.91 Å². The van der Waals surface area contributed by atoms with Crippen molar-refractivity contribution in [2.45, 2.75) is 23.6 Å². The van der Waals surface area contributed by atoms with E-state index in [1.54, 1.807) is 24.9 Å². The number of carbonyl (C=O) groups excluding carboxylic acids is 2. The lowest BCUT2D eigenvalue weighted by atomic mass is 10.1. The van der Waals surface area contributed by atoms with Crippen molar-refractivity contribution in [3.8, 4) is 0 Å². The van der Waals surface area contributed by atoms with Gasteiger partial charge in [0.15, 0.2) is 0 Å². The summed E-state index contributed by atoms with van der Waals surface area (Å²) in [6.07, 6.45) is 0. The molecule has 1 aliphatic rings. The molecule has 1 aliphatic heterocycles. The predicted octanol–water partition coefficient (Wildman–Crippen LogP) is 3.45. The van der Waals surface area contributed by atoms with Gasteiger partial charge in [0.05, 0.1) is 25.9 Å². The Labute approximate surface area is 182 Å². The van der Waals surface area contributed by atoms with Gasteiger partial charge in [0, 0.05) is 37.3 Å². The minimum atomic E-state index is -0.387. The molecule has 2 aromatic rings. The number of rotatable bonds is 7. The minimum absolute atomic E-state index is 0.0765. The van der Waals surface area contributed by atoms with Gasteiger partial charge in [-0.1, -0.05) is 24.3 Å². The molecule has 1 atom stereocenters. The first kappa shape index (κ1) is 22.2. The standard InChI is InChI=1S/C23H28N2O4S/c1-17(23(27)28-3)30-21-7-5-4-6-20(21)22(26)24(2)16-18-8-10-19(11-9-18)25-12-14-29-15-13-25/h4-11,17H,12-16H2,1-3H3. The molecule has 3 rings (SSSR count). The molecule has 0 saturated carbocycles. The Morgan fingerprint density at radius 3 is 2.47 bits per heavy atom. The van der Waals surface area contributed by atoms with E-state index in [1.807, 2.05) is 18.2 Å². The summed E-state index contributed by atoms with van der Waals surface area (Å²) >= 11 is 1.33. The first-order valence-corrected chi connectivity index (χ1v) is 10.9. The number of carbonyl (C=O) groups is 2. The Kier molecular flexibility index (Phi) is 7.76. The van der Waals surface area contributed by atoms with Gasteiger partial charge in [-0.2, -0.15) is 0 Å². The van der Waals surface area contributed by atoms with Crippen LogP contribution in [-0.2, 0) is 20.8 Å². The van der Waals surface area contributed by atoms with Gasteiger partial charge < -0.3 is 19.3 Å². The summed E-state index contributed by atoms with van der Waals surface area (Å²) in [6.45, 7) is 5.59. The van der Waals surface area contributed by atoms with E-state index in [0.29, 0.717) is 12.1 Å². The van der Waals surface area contributed by atoms with Crippen LogP contribution in [0.2, 0.25) is 0 Å². The van der Waals surface area contributed by atoms with Crippen LogP contribution in [0.3, 0.4) is 0 Å². The number of benzene rings is 2. The first-order chi connectivity index (χ1) is 14.5. The third-order valence-electron chi connectivity index (χ3n) is 5.03. The van der Waals surface area contributed by atoms with Gasteiger partial charge in [0.2, 0.25) is 0 Å². The highest BCUT2D eigenvalue weighted by Crippen LogP contribution is 2.28. The highest BCUT2D eigenvalue weighted by Gasteiger charge is 2.21. The van der Waals surface area contributed by atoms with Crippen LogP contribution < -0.4 is 4.90 Å². The second kappa shape index (κ2) is 10.5. The number of esters is 1. The zero-order chi connectivity index (χ0) is 21.5. The molecule has 7 heteroatoms. The number of ether oxygens (including phenoxy) is 2. The lowest BCUT2D eigenvalue weighted by Crippen LogP contribution is -2.36. The van der Waals surface area contributed by atoms with Crippen molar-refractivity contribution in [1.29, 1.82) is 0 Å². The molecule has 2 aromatic carbocycles. The summed E-state index contributed by atoms with van der Waals surface area (Å²) in [5, 5.41) is -0.387. The second-order valence-electron chi connectivity index (χ2n) is 7.21. The van der Waals surface area contributed by atoms with Crippen LogP contribution in [0.5, 0.6) is 0 Å². The first-order valence-electron chi connectivity index (χ1n) is 10.00. The molecule has 1 saturated heterocycles. The Hall–Kier alpha value is -2.51.